The van der Waals surface area contributed by atoms with Crippen LogP contribution in [0.15, 0.2) is 17.5 Å². The molecule has 0 bridgehead atoms. The Morgan fingerprint density at radius 1 is 1.59 bits per heavy atom. The maximum absolute atomic E-state index is 12.3. The fraction of sp³-hybridized carbons (Fsp3) is 0.615. The number of piperidine rings is 1. The summed E-state index contributed by atoms with van der Waals surface area (Å²) < 4.78 is 0. The topological polar surface area (TPSA) is 32.3 Å². The molecule has 1 aliphatic rings. The molecule has 1 saturated heterocycles. The van der Waals surface area contributed by atoms with Gasteiger partial charge in [-0.1, -0.05) is 19.9 Å². The van der Waals surface area contributed by atoms with Crippen LogP contribution in [-0.2, 0) is 0 Å². The molecule has 94 valence electrons. The van der Waals surface area contributed by atoms with Crippen LogP contribution < -0.4 is 5.32 Å². The normalized spacial score (nSPS) is 24.9. The Labute approximate surface area is 107 Å². The molecule has 2 rings (SSSR count). The zero-order valence-electron chi connectivity index (χ0n) is 10.5. The minimum absolute atomic E-state index is 0.189. The SMILES string of the molecule is CCNC1CC(C)CN(C(=O)c2cccs2)C1. The van der Waals surface area contributed by atoms with Crippen LogP contribution in [0.4, 0.5) is 0 Å². The van der Waals surface area contributed by atoms with Crippen molar-refractivity contribution in [3.63, 3.8) is 0 Å². The van der Waals surface area contributed by atoms with Gasteiger partial charge in [0.15, 0.2) is 0 Å². The van der Waals surface area contributed by atoms with Gasteiger partial charge in [-0.15, -0.1) is 11.3 Å². The average molecular weight is 252 g/mol. The molecule has 1 amide bonds. The van der Waals surface area contributed by atoms with Crippen molar-refractivity contribution in [2.24, 2.45) is 5.92 Å². The molecule has 3 nitrogen and oxygen atoms in total. The molecule has 1 fully saturated rings. The highest BCUT2D eigenvalue weighted by molar-refractivity contribution is 7.12. The summed E-state index contributed by atoms with van der Waals surface area (Å²) in [5.74, 6) is 0.770. The lowest BCUT2D eigenvalue weighted by Crippen LogP contribution is -2.50. The van der Waals surface area contributed by atoms with Crippen molar-refractivity contribution in [1.29, 1.82) is 0 Å². The standard InChI is InChI=1S/C13H20N2OS/c1-3-14-11-7-10(2)8-15(9-11)13(16)12-5-4-6-17-12/h4-6,10-11,14H,3,7-9H2,1-2H3. The first-order valence-corrected chi connectivity index (χ1v) is 7.14. The third-order valence-electron chi connectivity index (χ3n) is 3.17. The van der Waals surface area contributed by atoms with Gasteiger partial charge in [0.05, 0.1) is 4.88 Å². The number of hydrogen-bond donors (Lipinski definition) is 1. The highest BCUT2D eigenvalue weighted by Crippen LogP contribution is 2.20. The van der Waals surface area contributed by atoms with E-state index < -0.39 is 0 Å². The summed E-state index contributed by atoms with van der Waals surface area (Å²) in [6.45, 7) is 7.04. The van der Waals surface area contributed by atoms with E-state index >= 15 is 0 Å². The van der Waals surface area contributed by atoms with Gasteiger partial charge in [-0.2, -0.15) is 0 Å². The number of amides is 1. The van der Waals surface area contributed by atoms with Crippen LogP contribution >= 0.6 is 11.3 Å². The van der Waals surface area contributed by atoms with E-state index in [-0.39, 0.29) is 5.91 Å². The van der Waals surface area contributed by atoms with Crippen LogP contribution in [0.5, 0.6) is 0 Å². The van der Waals surface area contributed by atoms with Gasteiger partial charge in [-0.05, 0) is 30.3 Å². The largest absolute Gasteiger partial charge is 0.336 e. The predicted octanol–water partition coefficient (Wildman–Crippen LogP) is 2.21. The Bertz CT molecular complexity index is 364. The van der Waals surface area contributed by atoms with Gasteiger partial charge in [-0.3, -0.25) is 4.79 Å². The maximum Gasteiger partial charge on any atom is 0.263 e. The first kappa shape index (κ1) is 12.6. The smallest absolute Gasteiger partial charge is 0.263 e. The van der Waals surface area contributed by atoms with E-state index in [9.17, 15) is 4.79 Å². The van der Waals surface area contributed by atoms with Crippen molar-refractivity contribution >= 4 is 17.2 Å². The Kier molecular flexibility index (Phi) is 4.18. The molecule has 0 aromatic carbocycles. The monoisotopic (exact) mass is 252 g/mol. The molecule has 0 spiro atoms. The molecule has 1 aromatic heterocycles. The Hall–Kier alpha value is -0.870. The maximum atomic E-state index is 12.3. The van der Waals surface area contributed by atoms with Crippen molar-refractivity contribution in [1.82, 2.24) is 10.2 Å². The second-order valence-corrected chi connectivity index (χ2v) is 5.73. The summed E-state index contributed by atoms with van der Waals surface area (Å²) in [6.07, 6.45) is 1.17. The summed E-state index contributed by atoms with van der Waals surface area (Å²) in [7, 11) is 0. The van der Waals surface area contributed by atoms with Gasteiger partial charge in [0.2, 0.25) is 0 Å². The molecule has 1 aliphatic heterocycles. The van der Waals surface area contributed by atoms with Crippen molar-refractivity contribution in [2.45, 2.75) is 26.3 Å². The summed E-state index contributed by atoms with van der Waals surface area (Å²) in [5.41, 5.74) is 0. The van der Waals surface area contributed by atoms with Crippen LogP contribution in [-0.4, -0.2) is 36.5 Å². The van der Waals surface area contributed by atoms with E-state index in [4.69, 9.17) is 0 Å². The van der Waals surface area contributed by atoms with Crippen LogP contribution in [0.25, 0.3) is 0 Å². The number of likely N-dealkylation sites (N-methyl/N-ethyl adjacent to an activating group) is 1. The van der Waals surface area contributed by atoms with E-state index in [0.29, 0.717) is 12.0 Å². The lowest BCUT2D eigenvalue weighted by atomic mass is 9.96. The van der Waals surface area contributed by atoms with Crippen molar-refractivity contribution in [2.75, 3.05) is 19.6 Å². The van der Waals surface area contributed by atoms with Gasteiger partial charge in [0.1, 0.15) is 0 Å². The van der Waals surface area contributed by atoms with Crippen LogP contribution in [0.1, 0.15) is 29.9 Å². The summed E-state index contributed by atoms with van der Waals surface area (Å²) >= 11 is 1.53. The number of nitrogens with zero attached hydrogens (tertiary/aromatic N) is 1. The summed E-state index contributed by atoms with van der Waals surface area (Å²) in [4.78, 5) is 15.1. The zero-order chi connectivity index (χ0) is 12.3. The second-order valence-electron chi connectivity index (χ2n) is 4.78. The quantitative estimate of drug-likeness (QED) is 0.894. The molecule has 17 heavy (non-hydrogen) atoms. The van der Waals surface area contributed by atoms with Gasteiger partial charge in [-0.25, -0.2) is 0 Å². The summed E-state index contributed by atoms with van der Waals surface area (Å²) in [5, 5.41) is 5.42. The second kappa shape index (κ2) is 5.65. The molecular formula is C13H20N2OS. The average Bonchev–Trinajstić information content (AvgIpc) is 2.81. The molecule has 2 heterocycles. The van der Waals surface area contributed by atoms with Crippen LogP contribution in [0.3, 0.4) is 0 Å². The third kappa shape index (κ3) is 3.07. The van der Waals surface area contributed by atoms with Crippen molar-refractivity contribution in [3.05, 3.63) is 22.4 Å². The molecule has 2 unspecified atom stereocenters. The number of carbonyl (C=O) groups excluding carboxylic acids is 1. The number of carbonyl (C=O) groups is 1. The molecule has 0 radical (unpaired) electrons. The van der Waals surface area contributed by atoms with Crippen molar-refractivity contribution in [3.8, 4) is 0 Å². The van der Waals surface area contributed by atoms with Gasteiger partial charge < -0.3 is 10.2 Å². The van der Waals surface area contributed by atoms with E-state index in [2.05, 4.69) is 19.2 Å². The minimum Gasteiger partial charge on any atom is -0.336 e. The summed E-state index contributed by atoms with van der Waals surface area (Å²) in [6, 6.07) is 4.30. The lowest BCUT2D eigenvalue weighted by molar-refractivity contribution is 0.0647. The highest BCUT2D eigenvalue weighted by atomic mass is 32.1. The number of likely N-dealkylation sites (tertiary alicyclic amines) is 1. The molecular weight excluding hydrogens is 232 g/mol. The van der Waals surface area contributed by atoms with Gasteiger partial charge in [0.25, 0.3) is 5.91 Å². The number of hydrogen-bond acceptors (Lipinski definition) is 3. The van der Waals surface area contributed by atoms with Crippen molar-refractivity contribution < 1.29 is 4.79 Å². The number of rotatable bonds is 3. The third-order valence-corrected chi connectivity index (χ3v) is 4.03. The minimum atomic E-state index is 0.189. The van der Waals surface area contributed by atoms with E-state index in [1.807, 2.05) is 22.4 Å². The fourth-order valence-corrected chi connectivity index (χ4v) is 3.20. The number of thiophene rings is 1. The molecule has 2 atom stereocenters. The highest BCUT2D eigenvalue weighted by Gasteiger charge is 2.28. The first-order chi connectivity index (χ1) is 8.20. The molecule has 1 aromatic rings. The Morgan fingerprint density at radius 2 is 2.41 bits per heavy atom. The van der Waals surface area contributed by atoms with Gasteiger partial charge in [0, 0.05) is 19.1 Å². The number of nitrogens with one attached hydrogen (secondary N) is 1. The molecule has 1 N–H and O–H groups in total. The first-order valence-electron chi connectivity index (χ1n) is 6.27. The predicted molar refractivity (Wildman–Crippen MR) is 71.5 cm³/mol. The van der Waals surface area contributed by atoms with Crippen LogP contribution in [0, 0.1) is 5.92 Å². The lowest BCUT2D eigenvalue weighted by Gasteiger charge is -2.36. The van der Waals surface area contributed by atoms with E-state index in [1.165, 1.54) is 17.8 Å². The van der Waals surface area contributed by atoms with Gasteiger partial charge >= 0.3 is 0 Å². The molecule has 0 saturated carbocycles. The van der Waals surface area contributed by atoms with E-state index in [0.717, 1.165) is 24.5 Å². The Balaban J connectivity index is 2.02. The van der Waals surface area contributed by atoms with E-state index in [1.54, 1.807) is 0 Å². The Morgan fingerprint density at radius 3 is 3.06 bits per heavy atom. The molecule has 0 aliphatic carbocycles. The molecule has 4 heteroatoms. The van der Waals surface area contributed by atoms with Crippen LogP contribution in [0.2, 0.25) is 0 Å². The fourth-order valence-electron chi connectivity index (χ4n) is 2.51. The zero-order valence-corrected chi connectivity index (χ0v) is 11.3.